The van der Waals surface area contributed by atoms with Gasteiger partial charge in [-0.05, 0) is 34.1 Å². The van der Waals surface area contributed by atoms with Crippen molar-refractivity contribution < 1.29 is 18.0 Å². The first kappa shape index (κ1) is 17.1. The molecular formula is C12H27O4Si. The summed E-state index contributed by atoms with van der Waals surface area (Å²) in [5.74, 6) is 0. The highest BCUT2D eigenvalue weighted by Crippen LogP contribution is 2.17. The van der Waals surface area contributed by atoms with E-state index < -0.39 is 8.80 Å². The molecule has 0 spiro atoms. The molecule has 0 aromatic carbocycles. The van der Waals surface area contributed by atoms with Crippen LogP contribution in [0.3, 0.4) is 0 Å². The predicted molar refractivity (Wildman–Crippen MR) is 70.6 cm³/mol. The van der Waals surface area contributed by atoms with Gasteiger partial charge in [0.1, 0.15) is 5.73 Å². The molecule has 103 valence electrons. The Morgan fingerprint density at radius 3 is 1.76 bits per heavy atom. The van der Waals surface area contributed by atoms with Crippen LogP contribution in [0.15, 0.2) is 0 Å². The maximum atomic E-state index is 5.71. The highest BCUT2D eigenvalue weighted by Gasteiger charge is 2.48. The third-order valence-electron chi connectivity index (χ3n) is 2.25. The summed E-state index contributed by atoms with van der Waals surface area (Å²) >= 11 is 0. The van der Waals surface area contributed by atoms with Gasteiger partial charge in [0.15, 0.2) is 0 Å². The lowest BCUT2D eigenvalue weighted by Gasteiger charge is -2.33. The molecule has 0 aliphatic rings. The monoisotopic (exact) mass is 263 g/mol. The summed E-state index contributed by atoms with van der Waals surface area (Å²) < 4.78 is 22.8. The Morgan fingerprint density at radius 2 is 1.41 bits per heavy atom. The summed E-state index contributed by atoms with van der Waals surface area (Å²) in [5, 5.41) is 0. The molecule has 0 bridgehead atoms. The van der Waals surface area contributed by atoms with E-state index in [0.717, 1.165) is 12.8 Å². The summed E-state index contributed by atoms with van der Waals surface area (Å²) in [7, 11) is -2.78. The number of ether oxygens (including phenoxy) is 1. The highest BCUT2D eigenvalue weighted by molar-refractivity contribution is 6.62. The van der Waals surface area contributed by atoms with Crippen LogP contribution in [0.2, 0.25) is 0 Å². The first-order chi connectivity index (χ1) is 8.16. The molecule has 0 N–H and O–H groups in total. The van der Waals surface area contributed by atoms with Gasteiger partial charge >= 0.3 is 8.80 Å². The quantitative estimate of drug-likeness (QED) is 0.424. The largest absolute Gasteiger partial charge is 0.531 e. The van der Waals surface area contributed by atoms with Gasteiger partial charge in [0.2, 0.25) is 0 Å². The minimum absolute atomic E-state index is 0.353. The van der Waals surface area contributed by atoms with E-state index in [-0.39, 0.29) is 5.73 Å². The van der Waals surface area contributed by atoms with E-state index in [2.05, 4.69) is 13.8 Å². The minimum Gasteiger partial charge on any atom is -0.374 e. The van der Waals surface area contributed by atoms with Crippen molar-refractivity contribution in [2.75, 3.05) is 26.4 Å². The van der Waals surface area contributed by atoms with Gasteiger partial charge in [-0.3, -0.25) is 0 Å². The fourth-order valence-electron chi connectivity index (χ4n) is 1.48. The second-order valence-corrected chi connectivity index (χ2v) is 6.33. The maximum absolute atomic E-state index is 5.71. The first-order valence-electron chi connectivity index (χ1n) is 6.53. The number of hydrogen-bond acceptors (Lipinski definition) is 4. The second-order valence-electron chi connectivity index (χ2n) is 3.62. The van der Waals surface area contributed by atoms with Crippen molar-refractivity contribution >= 4 is 8.80 Å². The molecule has 1 unspecified atom stereocenters. The molecule has 0 aromatic heterocycles. The third-order valence-corrected chi connectivity index (χ3v) is 5.28. The Balaban J connectivity index is 4.48. The van der Waals surface area contributed by atoms with E-state index in [1.54, 1.807) is 0 Å². The van der Waals surface area contributed by atoms with Crippen LogP contribution in [0.5, 0.6) is 0 Å². The van der Waals surface area contributed by atoms with Crippen LogP contribution in [0.4, 0.5) is 0 Å². The molecule has 5 heteroatoms. The van der Waals surface area contributed by atoms with E-state index in [0.29, 0.717) is 26.4 Å². The Bertz CT molecular complexity index is 161. The molecule has 4 nitrogen and oxygen atoms in total. The zero-order valence-corrected chi connectivity index (χ0v) is 12.7. The zero-order valence-electron chi connectivity index (χ0n) is 11.7. The summed E-state index contributed by atoms with van der Waals surface area (Å²) in [4.78, 5) is 0. The number of unbranched alkanes of at least 4 members (excludes halogenated alkanes) is 1. The Hall–Kier alpha value is 0.0569. The van der Waals surface area contributed by atoms with Crippen LogP contribution in [0.25, 0.3) is 0 Å². The fourth-order valence-corrected chi connectivity index (χ4v) is 3.82. The molecule has 0 amide bonds. The Kier molecular flexibility index (Phi) is 10.1. The van der Waals surface area contributed by atoms with Crippen LogP contribution in [-0.2, 0) is 18.0 Å². The van der Waals surface area contributed by atoms with Crippen molar-refractivity contribution in [3.63, 3.8) is 0 Å². The van der Waals surface area contributed by atoms with Crippen LogP contribution in [0.1, 0.15) is 40.5 Å². The average Bonchev–Trinajstić information content (AvgIpc) is 2.30. The van der Waals surface area contributed by atoms with Gasteiger partial charge in [-0.15, -0.1) is 0 Å². The molecule has 0 aliphatic carbocycles. The lowest BCUT2D eigenvalue weighted by molar-refractivity contribution is 0.00468. The van der Waals surface area contributed by atoms with Crippen molar-refractivity contribution in [2.24, 2.45) is 0 Å². The smallest absolute Gasteiger partial charge is 0.374 e. The topological polar surface area (TPSA) is 36.9 Å². The van der Waals surface area contributed by atoms with Crippen LogP contribution >= 0.6 is 0 Å². The van der Waals surface area contributed by atoms with Crippen LogP contribution in [-0.4, -0.2) is 41.0 Å². The SMILES string of the molecule is [CH2]C(OCCCC)[Si](OCC)(OCC)OCC. The second kappa shape index (κ2) is 10.0. The number of hydrogen-bond donors (Lipinski definition) is 0. The van der Waals surface area contributed by atoms with E-state index in [4.69, 9.17) is 18.0 Å². The highest BCUT2D eigenvalue weighted by atomic mass is 28.4. The summed E-state index contributed by atoms with van der Waals surface area (Å²) in [5.41, 5.74) is -0.353. The van der Waals surface area contributed by atoms with Gasteiger partial charge in [-0.1, -0.05) is 13.3 Å². The maximum Gasteiger partial charge on any atom is 0.531 e. The van der Waals surface area contributed by atoms with Gasteiger partial charge < -0.3 is 18.0 Å². The molecular weight excluding hydrogens is 236 g/mol. The van der Waals surface area contributed by atoms with Crippen molar-refractivity contribution in [3.05, 3.63) is 6.92 Å². The molecule has 1 radical (unpaired) electrons. The van der Waals surface area contributed by atoms with Gasteiger partial charge in [0.25, 0.3) is 0 Å². The van der Waals surface area contributed by atoms with Crippen LogP contribution < -0.4 is 0 Å². The fraction of sp³-hybridized carbons (Fsp3) is 0.917. The van der Waals surface area contributed by atoms with E-state index in [1.807, 2.05) is 20.8 Å². The van der Waals surface area contributed by atoms with Crippen molar-refractivity contribution in [2.45, 2.75) is 46.3 Å². The molecule has 0 aromatic rings. The van der Waals surface area contributed by atoms with E-state index >= 15 is 0 Å². The molecule has 0 heterocycles. The molecule has 1 atom stereocenters. The van der Waals surface area contributed by atoms with E-state index in [1.165, 1.54) is 0 Å². The van der Waals surface area contributed by atoms with Gasteiger partial charge in [0, 0.05) is 26.4 Å². The van der Waals surface area contributed by atoms with E-state index in [9.17, 15) is 0 Å². The van der Waals surface area contributed by atoms with Gasteiger partial charge in [-0.2, -0.15) is 0 Å². The zero-order chi connectivity index (χ0) is 13.1. The molecule has 0 saturated carbocycles. The molecule has 0 rings (SSSR count). The molecule has 0 fully saturated rings. The lowest BCUT2D eigenvalue weighted by Crippen LogP contribution is -2.56. The molecule has 17 heavy (non-hydrogen) atoms. The van der Waals surface area contributed by atoms with Crippen molar-refractivity contribution in [3.8, 4) is 0 Å². The van der Waals surface area contributed by atoms with Crippen molar-refractivity contribution in [1.82, 2.24) is 0 Å². The summed E-state index contributed by atoms with van der Waals surface area (Å²) in [6.07, 6.45) is 2.11. The Morgan fingerprint density at radius 1 is 0.941 bits per heavy atom. The summed E-state index contributed by atoms with van der Waals surface area (Å²) in [6, 6.07) is 0. The third kappa shape index (κ3) is 5.97. The first-order valence-corrected chi connectivity index (χ1v) is 8.33. The van der Waals surface area contributed by atoms with Crippen molar-refractivity contribution in [1.29, 1.82) is 0 Å². The normalized spacial score (nSPS) is 13.9. The minimum atomic E-state index is -2.78. The van der Waals surface area contributed by atoms with Crippen LogP contribution in [0, 0.1) is 6.92 Å². The van der Waals surface area contributed by atoms with Gasteiger partial charge in [-0.25, -0.2) is 0 Å². The number of rotatable bonds is 11. The lowest BCUT2D eigenvalue weighted by atomic mass is 10.4. The van der Waals surface area contributed by atoms with Gasteiger partial charge in [0.05, 0.1) is 0 Å². The Labute approximate surface area is 107 Å². The molecule has 0 aliphatic heterocycles. The predicted octanol–water partition coefficient (Wildman–Crippen LogP) is 2.59. The summed E-state index contributed by atoms with van der Waals surface area (Å²) in [6.45, 7) is 14.2. The molecule has 0 saturated heterocycles. The standard InChI is InChI=1S/C12H27O4Si/c1-6-10-11-13-12(5)17(14-7-2,15-8-3)16-9-4/h12H,5-11H2,1-4H3. The average molecular weight is 263 g/mol.